The van der Waals surface area contributed by atoms with Gasteiger partial charge in [0.1, 0.15) is 5.75 Å². The predicted octanol–water partition coefficient (Wildman–Crippen LogP) is 3.35. The van der Waals surface area contributed by atoms with Crippen LogP contribution in [0.2, 0.25) is 0 Å². The van der Waals surface area contributed by atoms with Gasteiger partial charge in [0.25, 0.3) is 5.91 Å². The average molecular weight is 401 g/mol. The van der Waals surface area contributed by atoms with E-state index in [1.54, 1.807) is 29.2 Å². The minimum Gasteiger partial charge on any atom is -0.484 e. The number of likely N-dealkylation sites (tertiary alicyclic amines) is 1. The zero-order valence-electron chi connectivity index (χ0n) is 17.3. The summed E-state index contributed by atoms with van der Waals surface area (Å²) in [5, 5.41) is 3.19. The average Bonchev–Trinajstić information content (AvgIpc) is 2.78. The Kier molecular flexibility index (Phi) is 7.67. The fourth-order valence-electron chi connectivity index (χ4n) is 4.13. The van der Waals surface area contributed by atoms with Crippen LogP contribution in [0.4, 0.5) is 0 Å². The maximum Gasteiger partial charge on any atom is 0.260 e. The maximum absolute atomic E-state index is 12.4. The lowest BCUT2D eigenvalue weighted by Crippen LogP contribution is -2.48. The van der Waals surface area contributed by atoms with Crippen molar-refractivity contribution in [2.24, 2.45) is 5.92 Å². The Morgan fingerprint density at radius 3 is 2.28 bits per heavy atom. The highest BCUT2D eigenvalue weighted by Gasteiger charge is 2.27. The van der Waals surface area contributed by atoms with Crippen molar-refractivity contribution in [2.45, 2.75) is 64.3 Å². The Bertz CT molecular complexity index is 702. The Morgan fingerprint density at radius 1 is 1.00 bits per heavy atom. The van der Waals surface area contributed by atoms with Crippen LogP contribution >= 0.6 is 0 Å². The van der Waals surface area contributed by atoms with Crippen LogP contribution in [-0.2, 0) is 9.59 Å². The summed E-state index contributed by atoms with van der Waals surface area (Å²) in [7, 11) is 0. The van der Waals surface area contributed by atoms with Gasteiger partial charge >= 0.3 is 0 Å². The summed E-state index contributed by atoms with van der Waals surface area (Å²) in [4.78, 5) is 38.3. The van der Waals surface area contributed by atoms with Crippen LogP contribution in [0.25, 0.3) is 0 Å². The number of rotatable bonds is 7. The lowest BCUT2D eigenvalue weighted by molar-refractivity contribution is -0.134. The number of ether oxygens (including phenoxy) is 1. The van der Waals surface area contributed by atoms with Gasteiger partial charge in [-0.2, -0.15) is 0 Å². The molecule has 2 aliphatic rings. The molecule has 1 heterocycles. The number of Topliss-reactive ketones (excluding diaryl/α,β-unsaturated/α-hetero) is 1. The van der Waals surface area contributed by atoms with Crippen LogP contribution in [-0.4, -0.2) is 48.2 Å². The first kappa shape index (κ1) is 21.3. The Balaban J connectivity index is 1.38. The number of nitrogens with one attached hydrogen (secondary N) is 1. The highest BCUT2D eigenvalue weighted by molar-refractivity contribution is 5.95. The van der Waals surface area contributed by atoms with E-state index < -0.39 is 0 Å². The molecule has 1 aliphatic carbocycles. The number of nitrogens with zero attached hydrogens (tertiary/aromatic N) is 1. The van der Waals surface area contributed by atoms with Crippen molar-refractivity contribution < 1.29 is 19.1 Å². The molecule has 0 bridgehead atoms. The number of ketones is 1. The summed E-state index contributed by atoms with van der Waals surface area (Å²) in [5.74, 6) is 1.00. The summed E-state index contributed by atoms with van der Waals surface area (Å²) in [5.41, 5.74) is 0.656. The van der Waals surface area contributed by atoms with Crippen LogP contribution in [0.3, 0.4) is 0 Å². The molecule has 0 radical (unpaired) electrons. The molecule has 6 nitrogen and oxygen atoms in total. The monoisotopic (exact) mass is 400 g/mol. The number of carbonyl (C=O) groups excluding carboxylic acids is 3. The molecular formula is C23H32N2O4. The molecule has 0 unspecified atom stereocenters. The molecule has 1 aromatic rings. The first-order chi connectivity index (χ1) is 14.1. The molecule has 158 valence electrons. The fourth-order valence-corrected chi connectivity index (χ4v) is 4.13. The van der Waals surface area contributed by atoms with Gasteiger partial charge in [0, 0.05) is 37.0 Å². The highest BCUT2D eigenvalue weighted by Crippen LogP contribution is 2.24. The standard InChI is InChI=1S/C23H32N2O4/c1-2-21(26)17-8-10-20(11-9-17)29-16-22(27)25-14-12-19(13-15-25)24-23(28)18-6-4-3-5-7-18/h8-11,18-19H,2-7,12-16H2,1H3,(H,24,28). The van der Waals surface area contributed by atoms with Gasteiger partial charge in [-0.3, -0.25) is 14.4 Å². The topological polar surface area (TPSA) is 75.7 Å². The third kappa shape index (κ3) is 6.05. The van der Waals surface area contributed by atoms with E-state index >= 15 is 0 Å². The van der Waals surface area contributed by atoms with Crippen LogP contribution in [0.1, 0.15) is 68.6 Å². The minimum absolute atomic E-state index is 0.0137. The van der Waals surface area contributed by atoms with Gasteiger partial charge in [-0.15, -0.1) is 0 Å². The summed E-state index contributed by atoms with van der Waals surface area (Å²) in [6.45, 7) is 3.10. The van der Waals surface area contributed by atoms with E-state index in [-0.39, 0.29) is 36.2 Å². The van der Waals surface area contributed by atoms with Gasteiger partial charge in [0.15, 0.2) is 12.4 Å². The van der Waals surface area contributed by atoms with E-state index in [1.165, 1.54) is 6.42 Å². The van der Waals surface area contributed by atoms with Crippen molar-refractivity contribution in [3.63, 3.8) is 0 Å². The Labute approximate surface area is 173 Å². The van der Waals surface area contributed by atoms with Crippen LogP contribution in [0.5, 0.6) is 5.75 Å². The number of carbonyl (C=O) groups is 3. The molecule has 1 saturated carbocycles. The third-order valence-corrected chi connectivity index (χ3v) is 6.03. The number of hydrogen-bond acceptors (Lipinski definition) is 4. The lowest BCUT2D eigenvalue weighted by atomic mass is 9.88. The SMILES string of the molecule is CCC(=O)c1ccc(OCC(=O)N2CCC(NC(=O)C3CCCCC3)CC2)cc1. The fraction of sp³-hybridized carbons (Fsp3) is 0.609. The molecule has 29 heavy (non-hydrogen) atoms. The Morgan fingerprint density at radius 2 is 1.66 bits per heavy atom. The molecule has 2 fully saturated rings. The van der Waals surface area contributed by atoms with Crippen LogP contribution in [0.15, 0.2) is 24.3 Å². The molecule has 0 spiro atoms. The molecule has 3 rings (SSSR count). The largest absolute Gasteiger partial charge is 0.484 e. The second kappa shape index (κ2) is 10.4. The molecule has 1 aliphatic heterocycles. The molecule has 1 N–H and O–H groups in total. The number of benzene rings is 1. The van der Waals surface area contributed by atoms with Gasteiger partial charge < -0.3 is 15.0 Å². The highest BCUT2D eigenvalue weighted by atomic mass is 16.5. The van der Waals surface area contributed by atoms with Crippen molar-refractivity contribution in [1.29, 1.82) is 0 Å². The second-order valence-electron chi connectivity index (χ2n) is 8.09. The van der Waals surface area contributed by atoms with Crippen molar-refractivity contribution in [3.8, 4) is 5.75 Å². The summed E-state index contributed by atoms with van der Waals surface area (Å²) >= 11 is 0. The zero-order valence-corrected chi connectivity index (χ0v) is 17.3. The molecular weight excluding hydrogens is 368 g/mol. The van der Waals surface area contributed by atoms with E-state index in [0.29, 0.717) is 30.8 Å². The predicted molar refractivity (Wildman–Crippen MR) is 111 cm³/mol. The summed E-state index contributed by atoms with van der Waals surface area (Å²) in [6.07, 6.45) is 7.62. The normalized spacial score (nSPS) is 18.3. The van der Waals surface area contributed by atoms with E-state index in [0.717, 1.165) is 38.5 Å². The molecule has 1 aromatic carbocycles. The second-order valence-corrected chi connectivity index (χ2v) is 8.09. The zero-order chi connectivity index (χ0) is 20.6. The number of amides is 2. The molecule has 1 saturated heterocycles. The van der Waals surface area contributed by atoms with Crippen molar-refractivity contribution >= 4 is 17.6 Å². The molecule has 0 aromatic heterocycles. The lowest BCUT2D eigenvalue weighted by Gasteiger charge is -2.33. The quantitative estimate of drug-likeness (QED) is 0.712. The number of piperidine rings is 1. The molecule has 0 atom stereocenters. The smallest absolute Gasteiger partial charge is 0.260 e. The summed E-state index contributed by atoms with van der Waals surface area (Å²) < 4.78 is 5.59. The van der Waals surface area contributed by atoms with Crippen LogP contribution < -0.4 is 10.1 Å². The van der Waals surface area contributed by atoms with Gasteiger partial charge in [0.2, 0.25) is 5.91 Å². The minimum atomic E-state index is -0.0456. The Hall–Kier alpha value is -2.37. The third-order valence-electron chi connectivity index (χ3n) is 6.03. The van der Waals surface area contributed by atoms with Gasteiger partial charge in [-0.1, -0.05) is 26.2 Å². The first-order valence-electron chi connectivity index (χ1n) is 10.9. The van der Waals surface area contributed by atoms with Crippen molar-refractivity contribution in [1.82, 2.24) is 10.2 Å². The van der Waals surface area contributed by atoms with E-state index in [9.17, 15) is 14.4 Å². The van der Waals surface area contributed by atoms with E-state index in [4.69, 9.17) is 4.74 Å². The van der Waals surface area contributed by atoms with E-state index in [2.05, 4.69) is 5.32 Å². The van der Waals surface area contributed by atoms with Gasteiger partial charge in [0.05, 0.1) is 0 Å². The molecule has 6 heteroatoms. The van der Waals surface area contributed by atoms with Gasteiger partial charge in [-0.05, 0) is 49.9 Å². The maximum atomic E-state index is 12.4. The van der Waals surface area contributed by atoms with Gasteiger partial charge in [-0.25, -0.2) is 0 Å². The van der Waals surface area contributed by atoms with Crippen molar-refractivity contribution in [3.05, 3.63) is 29.8 Å². The first-order valence-corrected chi connectivity index (χ1v) is 10.9. The number of hydrogen-bond donors (Lipinski definition) is 1. The van der Waals surface area contributed by atoms with Crippen LogP contribution in [0, 0.1) is 5.92 Å². The van der Waals surface area contributed by atoms with Crippen molar-refractivity contribution in [2.75, 3.05) is 19.7 Å². The summed E-state index contributed by atoms with van der Waals surface area (Å²) in [6, 6.07) is 7.07. The molecule has 2 amide bonds. The van der Waals surface area contributed by atoms with E-state index in [1.807, 2.05) is 6.92 Å².